The average molecular weight is 302 g/mol. The molecule has 0 amide bonds. The van der Waals surface area contributed by atoms with Crippen molar-refractivity contribution in [3.63, 3.8) is 0 Å². The van der Waals surface area contributed by atoms with E-state index >= 15 is 0 Å². The fraction of sp³-hybridized carbons (Fsp3) is 0.231. The second-order valence-electron chi connectivity index (χ2n) is 4.24. The summed E-state index contributed by atoms with van der Waals surface area (Å²) in [5.41, 5.74) is 2.01. The zero-order valence-electron chi connectivity index (χ0n) is 10.5. The second kappa shape index (κ2) is 5.66. The standard InChI is InChI=1S/C13H11ClF3N3/c1-8-3-2-4-9(5-8)7-18-11-6-10(14)19-12(20-11)13(15,16)17/h2-6H,7H2,1H3,(H,18,19,20). The molecule has 0 aliphatic heterocycles. The minimum Gasteiger partial charge on any atom is -0.366 e. The van der Waals surface area contributed by atoms with E-state index in [0.717, 1.165) is 11.1 Å². The topological polar surface area (TPSA) is 37.8 Å². The summed E-state index contributed by atoms with van der Waals surface area (Å²) in [5.74, 6) is -1.21. The van der Waals surface area contributed by atoms with Crippen LogP contribution in [0.3, 0.4) is 0 Å². The summed E-state index contributed by atoms with van der Waals surface area (Å²) in [4.78, 5) is 6.57. The van der Waals surface area contributed by atoms with E-state index in [9.17, 15) is 13.2 Å². The second-order valence-corrected chi connectivity index (χ2v) is 4.63. The number of hydrogen-bond acceptors (Lipinski definition) is 3. The van der Waals surface area contributed by atoms with E-state index in [4.69, 9.17) is 11.6 Å². The Morgan fingerprint density at radius 3 is 2.60 bits per heavy atom. The summed E-state index contributed by atoms with van der Waals surface area (Å²) in [5, 5.41) is 2.56. The van der Waals surface area contributed by atoms with Crippen molar-refractivity contribution < 1.29 is 13.2 Å². The number of anilines is 1. The molecule has 1 N–H and O–H groups in total. The molecule has 1 aromatic heterocycles. The summed E-state index contributed by atoms with van der Waals surface area (Å²) in [6, 6.07) is 8.87. The first-order valence-electron chi connectivity index (χ1n) is 5.76. The molecule has 3 nitrogen and oxygen atoms in total. The summed E-state index contributed by atoms with van der Waals surface area (Å²) < 4.78 is 37.7. The number of alkyl halides is 3. The lowest BCUT2D eigenvalue weighted by Gasteiger charge is -2.10. The Morgan fingerprint density at radius 1 is 1.20 bits per heavy atom. The van der Waals surface area contributed by atoms with Gasteiger partial charge in [-0.05, 0) is 12.5 Å². The number of nitrogens with zero attached hydrogens (tertiary/aromatic N) is 2. The zero-order chi connectivity index (χ0) is 14.8. The van der Waals surface area contributed by atoms with Crippen molar-refractivity contribution in [1.82, 2.24) is 9.97 Å². The van der Waals surface area contributed by atoms with Crippen molar-refractivity contribution in [3.8, 4) is 0 Å². The fourth-order valence-corrected chi connectivity index (χ4v) is 1.83. The maximum atomic E-state index is 12.6. The molecule has 0 saturated carbocycles. The van der Waals surface area contributed by atoms with Crippen molar-refractivity contribution in [2.75, 3.05) is 5.32 Å². The molecule has 0 bridgehead atoms. The van der Waals surface area contributed by atoms with E-state index in [1.165, 1.54) is 6.07 Å². The van der Waals surface area contributed by atoms with Crippen LogP contribution in [0.15, 0.2) is 30.3 Å². The van der Waals surface area contributed by atoms with E-state index in [-0.39, 0.29) is 11.0 Å². The normalized spacial score (nSPS) is 11.4. The molecule has 0 aliphatic carbocycles. The van der Waals surface area contributed by atoms with Gasteiger partial charge in [-0.2, -0.15) is 13.2 Å². The van der Waals surface area contributed by atoms with Gasteiger partial charge in [-0.15, -0.1) is 0 Å². The molecule has 1 aromatic carbocycles. The molecule has 20 heavy (non-hydrogen) atoms. The molecule has 0 atom stereocenters. The molecule has 2 rings (SSSR count). The predicted molar refractivity (Wildman–Crippen MR) is 70.5 cm³/mol. The SMILES string of the molecule is Cc1cccc(CNc2cc(Cl)nc(C(F)(F)F)n2)c1. The number of aryl methyl sites for hydroxylation is 1. The minimum atomic E-state index is -4.62. The maximum absolute atomic E-state index is 12.6. The highest BCUT2D eigenvalue weighted by Crippen LogP contribution is 2.28. The quantitative estimate of drug-likeness (QED) is 0.868. The number of halogens is 4. The number of aromatic nitrogens is 2. The van der Waals surface area contributed by atoms with Crippen molar-refractivity contribution >= 4 is 17.4 Å². The Bertz CT molecular complexity index is 614. The van der Waals surface area contributed by atoms with Gasteiger partial charge in [-0.3, -0.25) is 0 Å². The van der Waals surface area contributed by atoms with Crippen LogP contribution in [0.1, 0.15) is 17.0 Å². The summed E-state index contributed by atoms with van der Waals surface area (Å²) in [6.45, 7) is 2.29. The monoisotopic (exact) mass is 301 g/mol. The van der Waals surface area contributed by atoms with Crippen LogP contribution in [-0.4, -0.2) is 9.97 Å². The van der Waals surface area contributed by atoms with Gasteiger partial charge in [0.25, 0.3) is 0 Å². The molecule has 0 saturated heterocycles. The third-order valence-electron chi connectivity index (χ3n) is 2.50. The highest BCUT2D eigenvalue weighted by molar-refractivity contribution is 6.29. The molecular weight excluding hydrogens is 291 g/mol. The lowest BCUT2D eigenvalue weighted by atomic mass is 10.1. The van der Waals surface area contributed by atoms with Crippen LogP contribution in [0.2, 0.25) is 5.15 Å². The van der Waals surface area contributed by atoms with Gasteiger partial charge < -0.3 is 5.32 Å². The highest BCUT2D eigenvalue weighted by atomic mass is 35.5. The largest absolute Gasteiger partial charge is 0.451 e. The van der Waals surface area contributed by atoms with Gasteiger partial charge in [0.2, 0.25) is 5.82 Å². The van der Waals surface area contributed by atoms with E-state index in [0.29, 0.717) is 6.54 Å². The molecule has 0 radical (unpaired) electrons. The van der Waals surface area contributed by atoms with Crippen LogP contribution < -0.4 is 5.32 Å². The molecule has 106 valence electrons. The van der Waals surface area contributed by atoms with E-state index in [1.807, 2.05) is 31.2 Å². The Hall–Kier alpha value is -1.82. The average Bonchev–Trinajstić information content (AvgIpc) is 2.35. The number of benzene rings is 1. The van der Waals surface area contributed by atoms with Gasteiger partial charge in [0.05, 0.1) is 0 Å². The number of nitrogens with one attached hydrogen (secondary N) is 1. The maximum Gasteiger partial charge on any atom is 0.451 e. The molecule has 7 heteroatoms. The fourth-order valence-electron chi connectivity index (χ4n) is 1.65. The summed E-state index contributed by atoms with van der Waals surface area (Å²) in [7, 11) is 0. The first-order chi connectivity index (χ1) is 9.34. The lowest BCUT2D eigenvalue weighted by molar-refractivity contribution is -0.144. The van der Waals surface area contributed by atoms with E-state index in [2.05, 4.69) is 15.3 Å². The van der Waals surface area contributed by atoms with Gasteiger partial charge in [-0.25, -0.2) is 9.97 Å². The third-order valence-corrected chi connectivity index (χ3v) is 2.70. The van der Waals surface area contributed by atoms with Gasteiger partial charge in [0, 0.05) is 12.6 Å². The highest BCUT2D eigenvalue weighted by Gasteiger charge is 2.35. The Balaban J connectivity index is 2.16. The van der Waals surface area contributed by atoms with Crippen LogP contribution in [0.5, 0.6) is 0 Å². The molecule has 0 spiro atoms. The van der Waals surface area contributed by atoms with Gasteiger partial charge >= 0.3 is 6.18 Å². The molecule has 2 aromatic rings. The molecule has 0 aliphatic rings. The lowest BCUT2D eigenvalue weighted by Crippen LogP contribution is -2.13. The number of rotatable bonds is 3. The van der Waals surface area contributed by atoms with Crippen LogP contribution >= 0.6 is 11.6 Å². The molecule has 1 heterocycles. The van der Waals surface area contributed by atoms with Gasteiger partial charge in [0.15, 0.2) is 0 Å². The first-order valence-corrected chi connectivity index (χ1v) is 6.13. The van der Waals surface area contributed by atoms with Crippen LogP contribution in [0.25, 0.3) is 0 Å². The number of hydrogen-bond donors (Lipinski definition) is 1. The Morgan fingerprint density at radius 2 is 1.95 bits per heavy atom. The third kappa shape index (κ3) is 3.84. The van der Waals surface area contributed by atoms with E-state index < -0.39 is 12.0 Å². The van der Waals surface area contributed by atoms with E-state index in [1.54, 1.807) is 0 Å². The zero-order valence-corrected chi connectivity index (χ0v) is 11.3. The summed E-state index contributed by atoms with van der Waals surface area (Å²) in [6.07, 6.45) is -4.62. The van der Waals surface area contributed by atoms with Crippen molar-refractivity contribution in [3.05, 3.63) is 52.4 Å². The van der Waals surface area contributed by atoms with Crippen molar-refractivity contribution in [2.45, 2.75) is 19.6 Å². The molecule has 0 fully saturated rings. The van der Waals surface area contributed by atoms with Crippen LogP contribution in [0.4, 0.5) is 19.0 Å². The first kappa shape index (κ1) is 14.6. The van der Waals surface area contributed by atoms with Crippen molar-refractivity contribution in [1.29, 1.82) is 0 Å². The Labute approximate surface area is 118 Å². The predicted octanol–water partition coefficient (Wildman–Crippen LogP) is 4.07. The molecule has 0 unspecified atom stereocenters. The minimum absolute atomic E-state index is 0.0406. The molecular formula is C13H11ClF3N3. The van der Waals surface area contributed by atoms with Crippen molar-refractivity contribution in [2.24, 2.45) is 0 Å². The summed E-state index contributed by atoms with van der Waals surface area (Å²) >= 11 is 5.57. The van der Waals surface area contributed by atoms with Crippen LogP contribution in [0, 0.1) is 6.92 Å². The Kier molecular flexibility index (Phi) is 4.13. The van der Waals surface area contributed by atoms with Crippen LogP contribution in [-0.2, 0) is 12.7 Å². The van der Waals surface area contributed by atoms with Gasteiger partial charge in [0.1, 0.15) is 11.0 Å². The van der Waals surface area contributed by atoms with Gasteiger partial charge in [-0.1, -0.05) is 41.4 Å². The smallest absolute Gasteiger partial charge is 0.366 e.